The van der Waals surface area contributed by atoms with Crippen molar-refractivity contribution in [3.8, 4) is 0 Å². The molecular formula is C44H54O12. The summed E-state index contributed by atoms with van der Waals surface area (Å²) >= 11 is 0. The average molecular weight is 775 g/mol. The molecule has 7 aliphatic rings. The molecule has 4 heterocycles. The highest BCUT2D eigenvalue weighted by molar-refractivity contribution is 5.90. The monoisotopic (exact) mass is 774 g/mol. The van der Waals surface area contributed by atoms with E-state index in [-0.39, 0.29) is 24.5 Å². The number of hydrogen-bond acceptors (Lipinski definition) is 12. The first kappa shape index (κ1) is 38.3. The van der Waals surface area contributed by atoms with Gasteiger partial charge in [-0.25, -0.2) is 9.59 Å². The number of benzene rings is 2. The summed E-state index contributed by atoms with van der Waals surface area (Å²) in [7, 11) is 0. The maximum atomic E-state index is 14.0. The molecule has 2 unspecified atom stereocenters. The SMILES string of the molecule is C=C(C)[C@]12C[C@@H](COC(=O)c3ccccc3)[C@@]34OC5(O[C@@H]1[C@@H]3[C@@H]1O[C@]1(CO)[C@@H](O)[C@@]1(O)[C@H]4[C@H]([C@H](C)[C@@H]1OC(=O)c1ccccc1)[C@H](C)CCCCCCC5O)O2. The van der Waals surface area contributed by atoms with Crippen molar-refractivity contribution < 1.29 is 58.4 Å². The van der Waals surface area contributed by atoms with E-state index in [1.165, 1.54) is 0 Å². The van der Waals surface area contributed by atoms with E-state index in [0.717, 1.165) is 25.7 Å². The Hall–Kier alpha value is -3.20. The lowest BCUT2D eigenvalue weighted by atomic mass is 9.51. The van der Waals surface area contributed by atoms with Crippen LogP contribution in [-0.2, 0) is 28.4 Å². The van der Waals surface area contributed by atoms with Gasteiger partial charge >= 0.3 is 17.9 Å². The van der Waals surface area contributed by atoms with E-state index in [4.69, 9.17) is 28.4 Å². The predicted octanol–water partition coefficient (Wildman–Crippen LogP) is 4.33. The third-order valence-electron chi connectivity index (χ3n) is 14.9. The van der Waals surface area contributed by atoms with Gasteiger partial charge in [0.1, 0.15) is 47.3 Å². The van der Waals surface area contributed by atoms with Crippen molar-refractivity contribution in [2.75, 3.05) is 13.2 Å². The number of carbonyl (C=O) groups excluding carboxylic acids is 2. The molecule has 2 aromatic rings. The van der Waals surface area contributed by atoms with Gasteiger partial charge in [0.25, 0.3) is 0 Å². The van der Waals surface area contributed by atoms with Crippen LogP contribution >= 0.6 is 0 Å². The van der Waals surface area contributed by atoms with Crippen molar-refractivity contribution in [3.05, 3.63) is 83.9 Å². The summed E-state index contributed by atoms with van der Waals surface area (Å²) in [6, 6.07) is 17.2. The lowest BCUT2D eigenvalue weighted by Gasteiger charge is -2.62. The third-order valence-corrected chi connectivity index (χ3v) is 14.9. The predicted molar refractivity (Wildman–Crippen MR) is 199 cm³/mol. The van der Waals surface area contributed by atoms with Crippen LogP contribution in [0.2, 0.25) is 0 Å². The molecule has 0 aromatic heterocycles. The normalized spacial score (nSPS) is 47.3. The van der Waals surface area contributed by atoms with Crippen LogP contribution in [-0.4, -0.2) is 104 Å². The van der Waals surface area contributed by atoms with Crippen molar-refractivity contribution in [1.29, 1.82) is 0 Å². The van der Waals surface area contributed by atoms with Crippen molar-refractivity contribution in [1.82, 2.24) is 0 Å². The van der Waals surface area contributed by atoms with E-state index in [1.54, 1.807) is 54.6 Å². The van der Waals surface area contributed by atoms with Gasteiger partial charge in [-0.1, -0.05) is 88.9 Å². The summed E-state index contributed by atoms with van der Waals surface area (Å²) < 4.78 is 40.4. The number of rotatable bonds is 7. The molecule has 4 aliphatic heterocycles. The number of aliphatic hydroxyl groups is 4. The minimum absolute atomic E-state index is 0.0865. The average Bonchev–Trinajstić information content (AvgIpc) is 3.84. The summed E-state index contributed by atoms with van der Waals surface area (Å²) in [6.07, 6.45) is -1.51. The Morgan fingerprint density at radius 3 is 2.16 bits per heavy atom. The molecule has 16 atom stereocenters. The van der Waals surface area contributed by atoms with Crippen LogP contribution in [0.15, 0.2) is 72.8 Å². The van der Waals surface area contributed by atoms with E-state index >= 15 is 0 Å². The van der Waals surface area contributed by atoms with Crippen LogP contribution in [0, 0.1) is 35.5 Å². The zero-order chi connectivity index (χ0) is 39.4. The summed E-state index contributed by atoms with van der Waals surface area (Å²) in [4.78, 5) is 27.7. The molecule has 302 valence electrons. The molecule has 56 heavy (non-hydrogen) atoms. The van der Waals surface area contributed by atoms with Gasteiger partial charge < -0.3 is 48.8 Å². The summed E-state index contributed by atoms with van der Waals surface area (Å²) in [5.41, 5.74) is -5.58. The van der Waals surface area contributed by atoms with Crippen LogP contribution in [0.1, 0.15) is 86.4 Å². The molecule has 7 fully saturated rings. The van der Waals surface area contributed by atoms with Crippen LogP contribution in [0.4, 0.5) is 0 Å². The lowest BCUT2D eigenvalue weighted by molar-refractivity contribution is -0.459. The second-order valence-electron chi connectivity index (χ2n) is 17.8. The number of ether oxygens (including phenoxy) is 6. The molecule has 0 amide bonds. The fourth-order valence-corrected chi connectivity index (χ4v) is 12.4. The first-order chi connectivity index (χ1) is 26.8. The van der Waals surface area contributed by atoms with Gasteiger partial charge in [-0.2, -0.15) is 0 Å². The first-order valence-corrected chi connectivity index (χ1v) is 20.4. The lowest BCUT2D eigenvalue weighted by Crippen LogP contribution is -2.75. The van der Waals surface area contributed by atoms with E-state index < -0.39 is 107 Å². The van der Waals surface area contributed by atoms with E-state index in [2.05, 4.69) is 13.5 Å². The minimum Gasteiger partial charge on any atom is -0.462 e. The Bertz CT molecular complexity index is 1860. The van der Waals surface area contributed by atoms with Gasteiger partial charge in [0, 0.05) is 17.8 Å². The largest absolute Gasteiger partial charge is 0.462 e. The molecule has 3 saturated carbocycles. The second-order valence-corrected chi connectivity index (χ2v) is 17.8. The highest BCUT2D eigenvalue weighted by Crippen LogP contribution is 2.75. The van der Waals surface area contributed by atoms with E-state index in [1.807, 2.05) is 19.9 Å². The summed E-state index contributed by atoms with van der Waals surface area (Å²) in [5, 5.41) is 50.1. The molecule has 4 N–H and O–H groups in total. The number of hydrogen-bond donors (Lipinski definition) is 4. The number of aliphatic hydroxyl groups excluding tert-OH is 3. The first-order valence-electron chi connectivity index (χ1n) is 20.4. The number of esters is 2. The highest BCUT2D eigenvalue weighted by Gasteiger charge is 2.91. The highest BCUT2D eigenvalue weighted by atomic mass is 16.9. The fourth-order valence-electron chi connectivity index (χ4n) is 12.4. The van der Waals surface area contributed by atoms with E-state index in [0.29, 0.717) is 24.0 Å². The molecule has 0 radical (unpaired) electrons. The Morgan fingerprint density at radius 2 is 1.52 bits per heavy atom. The van der Waals surface area contributed by atoms with E-state index in [9.17, 15) is 30.0 Å². The Balaban J connectivity index is 1.28. The maximum Gasteiger partial charge on any atom is 0.338 e. The molecular weight excluding hydrogens is 720 g/mol. The van der Waals surface area contributed by atoms with Gasteiger partial charge in [0.2, 0.25) is 0 Å². The Morgan fingerprint density at radius 1 is 0.875 bits per heavy atom. The van der Waals surface area contributed by atoms with Crippen molar-refractivity contribution in [3.63, 3.8) is 0 Å². The molecule has 2 spiro atoms. The Kier molecular flexibility index (Phi) is 9.19. The summed E-state index contributed by atoms with van der Waals surface area (Å²) in [5.74, 6) is -6.91. The second kappa shape index (κ2) is 13.4. The molecule has 9 rings (SSSR count). The zero-order valence-electron chi connectivity index (χ0n) is 32.3. The molecule has 4 saturated heterocycles. The van der Waals surface area contributed by atoms with Gasteiger partial charge in [0.15, 0.2) is 0 Å². The number of epoxide rings is 1. The van der Waals surface area contributed by atoms with Crippen LogP contribution in [0.3, 0.4) is 0 Å². The molecule has 3 aliphatic carbocycles. The van der Waals surface area contributed by atoms with Gasteiger partial charge in [-0.3, -0.25) is 0 Å². The zero-order valence-corrected chi connectivity index (χ0v) is 32.3. The standard InChI is InChI=1S/C44H54O12/c1-24(2)40-21-29(22-51-37(47)27-16-10-7-11-17-27)43-32-35(40)54-44(55-40,56-43)30(46)20-14-6-5-9-15-25(3)31-26(4)34(52-38(48)28-18-12-8-13-19-28)42(50,33(31)43)39(49)41(23-45)36(32)53-41/h7-8,10-13,16-19,25-26,29-36,39,45-46,49-50H,1,5-6,9,14-15,20-23H2,2-4H3/t25-,26+,29+,30?,31+,32-,33-,34+,35-,36+,39-,40-,41+,42-,43-,44?/m1/s1. The van der Waals surface area contributed by atoms with Crippen LogP contribution < -0.4 is 0 Å². The third kappa shape index (κ3) is 5.12. The van der Waals surface area contributed by atoms with Crippen molar-refractivity contribution in [2.45, 2.75) is 125 Å². The van der Waals surface area contributed by atoms with Gasteiger partial charge in [-0.15, -0.1) is 0 Å². The van der Waals surface area contributed by atoms with Crippen LogP contribution in [0.5, 0.6) is 0 Å². The Labute approximate surface area is 327 Å². The smallest absolute Gasteiger partial charge is 0.338 e. The number of carbonyl (C=O) groups is 2. The van der Waals surface area contributed by atoms with Crippen molar-refractivity contribution in [2.24, 2.45) is 35.5 Å². The van der Waals surface area contributed by atoms with Crippen LogP contribution in [0.25, 0.3) is 0 Å². The molecule has 2 aromatic carbocycles. The maximum absolute atomic E-state index is 14.0. The molecule has 12 nitrogen and oxygen atoms in total. The van der Waals surface area contributed by atoms with Crippen molar-refractivity contribution >= 4 is 11.9 Å². The van der Waals surface area contributed by atoms with Gasteiger partial charge in [-0.05, 0) is 67.4 Å². The van der Waals surface area contributed by atoms with Gasteiger partial charge in [0.05, 0.1) is 29.9 Å². The fraction of sp³-hybridized carbons (Fsp3) is 0.636. The quantitative estimate of drug-likeness (QED) is 0.179. The number of fused-ring (bicyclic) bond motifs is 1. The topological polar surface area (TPSA) is 174 Å². The molecule has 12 heteroatoms. The minimum atomic E-state index is -2.27. The summed E-state index contributed by atoms with van der Waals surface area (Å²) in [6.45, 7) is 9.43. The molecule has 3 bridgehead atoms.